The minimum Gasteiger partial charge on any atom is -0.550 e. The summed E-state index contributed by atoms with van der Waals surface area (Å²) < 4.78 is 0. The van der Waals surface area contributed by atoms with Crippen LogP contribution in [-0.2, 0) is 46.1 Å². The molecule has 0 heterocycles. The van der Waals surface area contributed by atoms with Gasteiger partial charge in [0.2, 0.25) is 0 Å². The van der Waals surface area contributed by atoms with E-state index in [1.807, 2.05) is 0 Å². The van der Waals surface area contributed by atoms with E-state index >= 15 is 0 Å². The average Bonchev–Trinajstić information content (AvgIpc) is 1.25. The summed E-state index contributed by atoms with van der Waals surface area (Å²) in [5.41, 5.74) is 0. The molecular weight excluding hydrogens is 232 g/mol. The predicted octanol–water partition coefficient (Wildman–Crippen LogP) is -2.49. The van der Waals surface area contributed by atoms with Crippen LogP contribution in [0.2, 0.25) is 0 Å². The first-order valence-corrected chi connectivity index (χ1v) is 1.82. The molecule has 0 aliphatic carbocycles. The monoisotopic (exact) mass is 237 g/mol. The fourth-order valence-electron chi connectivity index (χ4n) is 0. The van der Waals surface area contributed by atoms with Crippen molar-refractivity contribution in [1.82, 2.24) is 0 Å². The summed E-state index contributed by atoms with van der Waals surface area (Å²) in [5, 5.41) is 17.8. The van der Waals surface area contributed by atoms with E-state index in [-0.39, 0.29) is 36.5 Å². The molecule has 1 radical (unpaired) electrons. The molecule has 0 unspecified atom stereocenters. The smallest absolute Gasteiger partial charge is 0.550 e. The van der Waals surface area contributed by atoms with Crippen molar-refractivity contribution in [3.05, 3.63) is 0 Å². The Morgan fingerprint density at radius 1 is 1.00 bits per heavy atom. The Labute approximate surface area is 82.2 Å². The van der Waals surface area contributed by atoms with Gasteiger partial charge in [-0.15, -0.1) is 0 Å². The van der Waals surface area contributed by atoms with Crippen LogP contribution in [0.15, 0.2) is 0 Å². The number of hydrogen-bond donors (Lipinski definition) is 0. The maximum Gasteiger partial charge on any atom is 2.00 e. The quantitative estimate of drug-likeness (QED) is 0.437. The van der Waals surface area contributed by atoms with E-state index in [0.717, 1.165) is 13.8 Å². The average molecular weight is 238 g/mol. The Morgan fingerprint density at radius 2 is 1.00 bits per heavy atom. The second-order valence-corrected chi connectivity index (χ2v) is 0.983. The van der Waals surface area contributed by atoms with Crippen molar-refractivity contribution < 1.29 is 56.3 Å². The minimum absolute atomic E-state index is 0. The van der Waals surface area contributed by atoms with E-state index in [9.17, 15) is 0 Å². The van der Waals surface area contributed by atoms with Gasteiger partial charge in [0.1, 0.15) is 0 Å². The van der Waals surface area contributed by atoms with Crippen LogP contribution in [0, 0.1) is 0 Å². The summed E-state index contributed by atoms with van der Waals surface area (Å²) in [7, 11) is 0. The summed E-state index contributed by atoms with van der Waals surface area (Å²) in [5.74, 6) is -2.17. The van der Waals surface area contributed by atoms with E-state index in [4.69, 9.17) is 19.8 Å². The Bertz CT molecular complexity index is 75.3. The van der Waals surface area contributed by atoms with Crippen molar-refractivity contribution in [3.8, 4) is 0 Å². The summed E-state index contributed by atoms with van der Waals surface area (Å²) >= 11 is 0. The molecule has 0 aromatic rings. The largest absolute Gasteiger partial charge is 2.00 e. The summed E-state index contributed by atoms with van der Waals surface area (Å²) in [6.45, 7) is 1.94. The zero-order valence-corrected chi connectivity index (χ0v) is 9.87. The standard InChI is InChI=1S/2C2H4O2.Mn.Zn/c2*1-2(3)4;;/h2*1H3,(H,3,4);;/q;;2*+2/p-2. The van der Waals surface area contributed by atoms with Crippen LogP contribution in [0.4, 0.5) is 0 Å². The van der Waals surface area contributed by atoms with Gasteiger partial charge in [0.25, 0.3) is 0 Å². The van der Waals surface area contributed by atoms with Crippen molar-refractivity contribution in [1.29, 1.82) is 0 Å². The zero-order valence-electron chi connectivity index (χ0n) is 5.72. The van der Waals surface area contributed by atoms with E-state index in [0.29, 0.717) is 0 Å². The molecule has 0 bridgehead atoms. The van der Waals surface area contributed by atoms with Gasteiger partial charge in [-0.3, -0.25) is 0 Å². The number of carboxylic acid groups (broad SMARTS) is 2. The topological polar surface area (TPSA) is 80.3 Å². The van der Waals surface area contributed by atoms with Gasteiger partial charge in [-0.2, -0.15) is 0 Å². The van der Waals surface area contributed by atoms with E-state index in [2.05, 4.69) is 0 Å². The third kappa shape index (κ3) is 59100. The van der Waals surface area contributed by atoms with Crippen molar-refractivity contribution >= 4 is 11.9 Å². The van der Waals surface area contributed by atoms with Crippen LogP contribution in [0.5, 0.6) is 0 Å². The third-order valence-electron chi connectivity index (χ3n) is 0. The number of carbonyl (C=O) groups excluding carboxylic acids is 2. The summed E-state index contributed by atoms with van der Waals surface area (Å²) in [6.07, 6.45) is 0. The molecule has 53 valence electrons. The Morgan fingerprint density at radius 3 is 1.00 bits per heavy atom. The molecule has 0 aromatic heterocycles. The maximum absolute atomic E-state index is 8.89. The molecule has 10 heavy (non-hydrogen) atoms. The molecule has 0 saturated carbocycles. The minimum atomic E-state index is -1.08. The fourth-order valence-corrected chi connectivity index (χ4v) is 0. The Balaban J connectivity index is -0.0000000300. The second-order valence-electron chi connectivity index (χ2n) is 0.983. The van der Waals surface area contributed by atoms with Gasteiger partial charge in [-0.25, -0.2) is 0 Å². The van der Waals surface area contributed by atoms with Gasteiger partial charge in [0.15, 0.2) is 0 Å². The first kappa shape index (κ1) is 22.5. The van der Waals surface area contributed by atoms with Gasteiger partial charge >= 0.3 is 36.5 Å². The van der Waals surface area contributed by atoms with Crippen LogP contribution in [0.3, 0.4) is 0 Å². The Kier molecular flexibility index (Phi) is 36.1. The first-order chi connectivity index (χ1) is 3.46. The second kappa shape index (κ2) is 16.0. The van der Waals surface area contributed by atoms with E-state index < -0.39 is 11.9 Å². The van der Waals surface area contributed by atoms with Gasteiger partial charge in [0.05, 0.1) is 0 Å². The molecule has 0 atom stereocenters. The molecule has 0 spiro atoms. The molecule has 0 amide bonds. The van der Waals surface area contributed by atoms with Gasteiger partial charge in [-0.1, -0.05) is 0 Å². The van der Waals surface area contributed by atoms with Crippen LogP contribution in [-0.4, -0.2) is 11.9 Å². The molecule has 0 saturated heterocycles. The van der Waals surface area contributed by atoms with Gasteiger partial charge < -0.3 is 19.8 Å². The first-order valence-electron chi connectivity index (χ1n) is 1.82. The van der Waals surface area contributed by atoms with Crippen molar-refractivity contribution in [2.45, 2.75) is 13.8 Å². The van der Waals surface area contributed by atoms with Gasteiger partial charge in [0, 0.05) is 11.9 Å². The molecule has 0 aliphatic heterocycles. The SMILES string of the molecule is CC(=O)[O-].CC(=O)[O-].[Mn+2].[Zn+2]. The molecular formula is C4H6MnO4Zn+2. The molecule has 0 fully saturated rings. The molecule has 6 heteroatoms. The van der Waals surface area contributed by atoms with Crippen molar-refractivity contribution in [3.63, 3.8) is 0 Å². The van der Waals surface area contributed by atoms with Gasteiger partial charge in [-0.05, 0) is 13.8 Å². The van der Waals surface area contributed by atoms with E-state index in [1.54, 1.807) is 0 Å². The third-order valence-corrected chi connectivity index (χ3v) is 0. The van der Waals surface area contributed by atoms with Crippen molar-refractivity contribution in [2.75, 3.05) is 0 Å². The number of carboxylic acids is 2. The molecule has 0 rings (SSSR count). The van der Waals surface area contributed by atoms with E-state index in [1.165, 1.54) is 0 Å². The normalized spacial score (nSPS) is 5.00. The number of aliphatic carboxylic acids is 2. The number of rotatable bonds is 0. The number of carbonyl (C=O) groups is 2. The summed E-state index contributed by atoms with van der Waals surface area (Å²) in [6, 6.07) is 0. The van der Waals surface area contributed by atoms with Crippen molar-refractivity contribution in [2.24, 2.45) is 0 Å². The maximum atomic E-state index is 8.89. The number of hydrogen-bond acceptors (Lipinski definition) is 4. The fraction of sp³-hybridized carbons (Fsp3) is 0.500. The molecule has 0 N–H and O–H groups in total. The molecule has 0 aromatic carbocycles. The predicted molar refractivity (Wildman–Crippen MR) is 21.4 cm³/mol. The van der Waals surface area contributed by atoms with Crippen LogP contribution in [0.1, 0.15) is 13.8 Å². The zero-order chi connectivity index (χ0) is 7.15. The van der Waals surface area contributed by atoms with Crippen LogP contribution >= 0.6 is 0 Å². The van der Waals surface area contributed by atoms with Crippen LogP contribution < -0.4 is 10.2 Å². The molecule has 0 aliphatic rings. The Hall–Kier alpha value is 0.0829. The molecule has 4 nitrogen and oxygen atoms in total. The van der Waals surface area contributed by atoms with Crippen LogP contribution in [0.25, 0.3) is 0 Å². The summed E-state index contributed by atoms with van der Waals surface area (Å²) in [4.78, 5) is 17.8.